The summed E-state index contributed by atoms with van der Waals surface area (Å²) in [6.07, 6.45) is 3.69. The van der Waals surface area contributed by atoms with Crippen LogP contribution in [0.15, 0.2) is 12.7 Å². The minimum Gasteiger partial charge on any atom is -0.481 e. The molecule has 0 amide bonds. The first kappa shape index (κ1) is 12.1. The Kier molecular flexibility index (Phi) is 2.98. The van der Waals surface area contributed by atoms with E-state index >= 15 is 0 Å². The molecule has 1 N–H and O–H groups in total. The van der Waals surface area contributed by atoms with Crippen LogP contribution < -0.4 is 0 Å². The van der Waals surface area contributed by atoms with Crippen molar-refractivity contribution in [2.45, 2.75) is 26.2 Å². The zero-order valence-corrected chi connectivity index (χ0v) is 10.0. The molecule has 0 aromatic rings. The molecule has 0 spiro atoms. The highest BCUT2D eigenvalue weighted by molar-refractivity contribution is 5.81. The highest BCUT2D eigenvalue weighted by Crippen LogP contribution is 2.58. The van der Waals surface area contributed by atoms with Gasteiger partial charge in [-0.1, -0.05) is 6.58 Å². The molecular weight excluding hydrogens is 220 g/mol. The quantitative estimate of drug-likeness (QED) is 0.599. The SMILES string of the molecule is C=CC(=O)OCC1CC2CC1CC2(C)C(=O)O. The summed E-state index contributed by atoms with van der Waals surface area (Å²) in [5, 5.41) is 9.24. The summed E-state index contributed by atoms with van der Waals surface area (Å²) in [5.41, 5.74) is -0.566. The van der Waals surface area contributed by atoms with Gasteiger partial charge in [0.2, 0.25) is 0 Å². The van der Waals surface area contributed by atoms with Gasteiger partial charge in [-0.3, -0.25) is 4.79 Å². The molecule has 4 unspecified atom stereocenters. The van der Waals surface area contributed by atoms with E-state index in [4.69, 9.17) is 4.74 Å². The van der Waals surface area contributed by atoms with Crippen LogP contribution in [0.25, 0.3) is 0 Å². The third kappa shape index (κ3) is 1.96. The highest BCUT2D eigenvalue weighted by Gasteiger charge is 2.56. The first-order valence-corrected chi connectivity index (χ1v) is 6.00. The summed E-state index contributed by atoms with van der Waals surface area (Å²) in [5.74, 6) is -0.132. The molecule has 0 aromatic carbocycles. The van der Waals surface area contributed by atoms with Gasteiger partial charge in [-0.15, -0.1) is 0 Å². The second-order valence-corrected chi connectivity index (χ2v) is 5.45. The molecule has 0 radical (unpaired) electrons. The maximum atomic E-state index is 11.2. The van der Waals surface area contributed by atoms with Gasteiger partial charge in [-0.2, -0.15) is 0 Å². The van der Waals surface area contributed by atoms with E-state index in [1.165, 1.54) is 0 Å². The molecule has 4 nitrogen and oxygen atoms in total. The summed E-state index contributed by atoms with van der Waals surface area (Å²) in [6, 6.07) is 0. The number of aliphatic carboxylic acids is 1. The first-order valence-electron chi connectivity index (χ1n) is 6.00. The first-order chi connectivity index (χ1) is 7.97. The van der Waals surface area contributed by atoms with Gasteiger partial charge in [0.25, 0.3) is 0 Å². The number of fused-ring (bicyclic) bond motifs is 2. The minimum absolute atomic E-state index is 0.234. The largest absolute Gasteiger partial charge is 0.481 e. The Morgan fingerprint density at radius 1 is 1.53 bits per heavy atom. The van der Waals surface area contributed by atoms with E-state index < -0.39 is 17.4 Å². The molecule has 4 atom stereocenters. The molecule has 2 bridgehead atoms. The van der Waals surface area contributed by atoms with E-state index in [0.29, 0.717) is 24.9 Å². The van der Waals surface area contributed by atoms with Crippen LogP contribution in [0.3, 0.4) is 0 Å². The standard InChI is InChI=1S/C13H18O4/c1-3-11(14)17-7-9-5-10-4-8(9)6-13(10,2)12(15)16/h3,8-10H,1,4-7H2,2H3,(H,15,16). The van der Waals surface area contributed by atoms with Crippen molar-refractivity contribution in [1.82, 2.24) is 0 Å². The van der Waals surface area contributed by atoms with Crippen molar-refractivity contribution in [1.29, 1.82) is 0 Å². The van der Waals surface area contributed by atoms with Gasteiger partial charge < -0.3 is 9.84 Å². The molecule has 2 aliphatic carbocycles. The van der Waals surface area contributed by atoms with Crippen molar-refractivity contribution in [2.24, 2.45) is 23.2 Å². The van der Waals surface area contributed by atoms with Gasteiger partial charge >= 0.3 is 11.9 Å². The molecule has 4 heteroatoms. The Morgan fingerprint density at radius 3 is 2.71 bits per heavy atom. The topological polar surface area (TPSA) is 63.6 Å². The average molecular weight is 238 g/mol. The average Bonchev–Trinajstić information content (AvgIpc) is 2.83. The Morgan fingerprint density at radius 2 is 2.24 bits per heavy atom. The maximum absolute atomic E-state index is 11.2. The highest BCUT2D eigenvalue weighted by atomic mass is 16.5. The predicted octanol–water partition coefficient (Wildman–Crippen LogP) is 1.85. The summed E-state index contributed by atoms with van der Waals surface area (Å²) in [4.78, 5) is 22.2. The molecule has 2 rings (SSSR count). The second kappa shape index (κ2) is 4.17. The molecule has 2 saturated carbocycles. The monoisotopic (exact) mass is 238 g/mol. The van der Waals surface area contributed by atoms with Gasteiger partial charge in [0.1, 0.15) is 0 Å². The number of carboxylic acids is 1. The maximum Gasteiger partial charge on any atom is 0.330 e. The van der Waals surface area contributed by atoms with Gasteiger partial charge in [0.05, 0.1) is 12.0 Å². The van der Waals surface area contributed by atoms with E-state index in [9.17, 15) is 14.7 Å². The van der Waals surface area contributed by atoms with Crippen LogP contribution >= 0.6 is 0 Å². The van der Waals surface area contributed by atoms with E-state index in [2.05, 4.69) is 6.58 Å². The number of hydrogen-bond acceptors (Lipinski definition) is 3. The molecular formula is C13H18O4. The summed E-state index contributed by atoms with van der Waals surface area (Å²) < 4.78 is 5.05. The molecule has 0 aromatic heterocycles. The zero-order chi connectivity index (χ0) is 12.6. The summed E-state index contributed by atoms with van der Waals surface area (Å²) >= 11 is 0. The van der Waals surface area contributed by atoms with Gasteiger partial charge in [-0.05, 0) is 43.9 Å². The number of ether oxygens (including phenoxy) is 1. The summed E-state index contributed by atoms with van der Waals surface area (Å²) in [6.45, 7) is 5.59. The van der Waals surface area contributed by atoms with Crippen LogP contribution in [0.4, 0.5) is 0 Å². The zero-order valence-electron chi connectivity index (χ0n) is 10.0. The number of carbonyl (C=O) groups is 2. The lowest BCUT2D eigenvalue weighted by molar-refractivity contribution is -0.152. The van der Waals surface area contributed by atoms with E-state index in [1.54, 1.807) is 0 Å². The van der Waals surface area contributed by atoms with Crippen molar-refractivity contribution in [3.8, 4) is 0 Å². The number of carbonyl (C=O) groups excluding carboxylic acids is 1. The Hall–Kier alpha value is -1.32. The molecule has 17 heavy (non-hydrogen) atoms. The normalized spacial score (nSPS) is 39.0. The van der Waals surface area contributed by atoms with E-state index in [1.807, 2.05) is 6.92 Å². The van der Waals surface area contributed by atoms with Crippen LogP contribution in [0.2, 0.25) is 0 Å². The van der Waals surface area contributed by atoms with Crippen LogP contribution in [-0.2, 0) is 14.3 Å². The van der Waals surface area contributed by atoms with Crippen molar-refractivity contribution >= 4 is 11.9 Å². The lowest BCUT2D eigenvalue weighted by Crippen LogP contribution is -2.36. The molecule has 0 saturated heterocycles. The van der Waals surface area contributed by atoms with E-state index in [-0.39, 0.29) is 5.92 Å². The predicted molar refractivity (Wildman–Crippen MR) is 61.2 cm³/mol. The smallest absolute Gasteiger partial charge is 0.330 e. The molecule has 0 heterocycles. The van der Waals surface area contributed by atoms with Crippen molar-refractivity contribution < 1.29 is 19.4 Å². The van der Waals surface area contributed by atoms with Gasteiger partial charge in [0, 0.05) is 6.08 Å². The molecule has 0 aliphatic heterocycles. The minimum atomic E-state index is -0.688. The van der Waals surface area contributed by atoms with Crippen LogP contribution in [0.5, 0.6) is 0 Å². The lowest BCUT2D eigenvalue weighted by atomic mass is 9.71. The molecule has 94 valence electrons. The van der Waals surface area contributed by atoms with Crippen LogP contribution in [-0.4, -0.2) is 23.7 Å². The lowest BCUT2D eigenvalue weighted by Gasteiger charge is -2.33. The second-order valence-electron chi connectivity index (χ2n) is 5.45. The van der Waals surface area contributed by atoms with Crippen LogP contribution in [0.1, 0.15) is 26.2 Å². The summed E-state index contributed by atoms with van der Waals surface area (Å²) in [7, 11) is 0. The number of hydrogen-bond donors (Lipinski definition) is 1. The van der Waals surface area contributed by atoms with Crippen molar-refractivity contribution in [3.05, 3.63) is 12.7 Å². The van der Waals surface area contributed by atoms with Crippen molar-refractivity contribution in [3.63, 3.8) is 0 Å². The fourth-order valence-corrected chi connectivity index (χ4v) is 3.41. The third-order valence-corrected chi connectivity index (χ3v) is 4.52. The van der Waals surface area contributed by atoms with Gasteiger partial charge in [-0.25, -0.2) is 4.79 Å². The van der Waals surface area contributed by atoms with E-state index in [0.717, 1.165) is 18.9 Å². The van der Waals surface area contributed by atoms with Crippen molar-refractivity contribution in [2.75, 3.05) is 6.61 Å². The molecule has 2 aliphatic rings. The van der Waals surface area contributed by atoms with Gasteiger partial charge in [0.15, 0.2) is 0 Å². The van der Waals surface area contributed by atoms with Crippen LogP contribution in [0, 0.1) is 23.2 Å². The fourth-order valence-electron chi connectivity index (χ4n) is 3.41. The molecule has 2 fully saturated rings. The Balaban J connectivity index is 1.92. The number of esters is 1. The fraction of sp³-hybridized carbons (Fsp3) is 0.692. The number of rotatable bonds is 4. The number of carboxylic acid groups (broad SMARTS) is 1. The Labute approximate surface area is 101 Å². The third-order valence-electron chi connectivity index (χ3n) is 4.52. The Bertz CT molecular complexity index is 362.